The summed E-state index contributed by atoms with van der Waals surface area (Å²) in [6.07, 6.45) is -0.110. The highest BCUT2D eigenvalue weighted by Crippen LogP contribution is 2.31. The monoisotopic (exact) mass is 331 g/mol. The summed E-state index contributed by atoms with van der Waals surface area (Å²) in [5.74, 6) is -0.0600. The van der Waals surface area contributed by atoms with Gasteiger partial charge in [-0.1, -0.05) is 30.3 Å². The van der Waals surface area contributed by atoms with Gasteiger partial charge in [-0.3, -0.25) is 4.79 Å². The van der Waals surface area contributed by atoms with Gasteiger partial charge in [0.25, 0.3) is 5.91 Å². The van der Waals surface area contributed by atoms with Crippen LogP contribution in [0.3, 0.4) is 0 Å². The van der Waals surface area contributed by atoms with Gasteiger partial charge >= 0.3 is 0 Å². The number of hydrogen-bond acceptors (Lipinski definition) is 5. The summed E-state index contributed by atoms with van der Waals surface area (Å²) in [4.78, 5) is 19.1. The van der Waals surface area contributed by atoms with Crippen LogP contribution in [0.25, 0.3) is 0 Å². The summed E-state index contributed by atoms with van der Waals surface area (Å²) in [5, 5.41) is 2.56. The third kappa shape index (κ3) is 3.29. The van der Waals surface area contributed by atoms with E-state index in [-0.39, 0.29) is 17.6 Å². The lowest BCUT2D eigenvalue weighted by molar-refractivity contribution is -0.0848. The van der Waals surface area contributed by atoms with Crippen molar-refractivity contribution in [3.05, 3.63) is 52.0 Å². The van der Waals surface area contributed by atoms with Crippen LogP contribution in [-0.4, -0.2) is 34.5 Å². The van der Waals surface area contributed by atoms with Crippen molar-refractivity contribution in [3.8, 4) is 0 Å². The second-order valence-corrected chi connectivity index (χ2v) is 7.21. The second-order valence-electron chi connectivity index (χ2n) is 6.27. The van der Waals surface area contributed by atoms with Crippen molar-refractivity contribution in [1.29, 1.82) is 0 Å². The Morgan fingerprint density at radius 2 is 2.17 bits per heavy atom. The van der Waals surface area contributed by atoms with Gasteiger partial charge in [-0.05, 0) is 19.4 Å². The van der Waals surface area contributed by atoms with Crippen LogP contribution >= 0.6 is 11.3 Å². The zero-order valence-corrected chi connectivity index (χ0v) is 14.2. The van der Waals surface area contributed by atoms with Gasteiger partial charge < -0.3 is 15.4 Å². The molecular weight excluding hydrogens is 310 g/mol. The molecule has 1 saturated heterocycles. The van der Waals surface area contributed by atoms with E-state index in [2.05, 4.69) is 4.98 Å². The molecule has 6 heteroatoms. The number of amides is 1. The first-order valence-corrected chi connectivity index (χ1v) is 8.52. The highest BCUT2D eigenvalue weighted by Gasteiger charge is 2.39. The minimum atomic E-state index is -0.366. The zero-order chi connectivity index (χ0) is 16.4. The number of ether oxygens (including phenoxy) is 1. The molecule has 1 aliphatic rings. The quantitative estimate of drug-likeness (QED) is 0.938. The van der Waals surface area contributed by atoms with E-state index in [9.17, 15) is 4.79 Å². The Hall–Kier alpha value is -1.76. The van der Waals surface area contributed by atoms with Crippen molar-refractivity contribution in [2.24, 2.45) is 5.73 Å². The topological polar surface area (TPSA) is 68.5 Å². The van der Waals surface area contributed by atoms with Crippen LogP contribution in [0.15, 0.2) is 35.7 Å². The molecule has 122 valence electrons. The van der Waals surface area contributed by atoms with Gasteiger partial charge in [0.05, 0.1) is 18.7 Å². The lowest BCUT2D eigenvalue weighted by Gasteiger charge is -2.45. The molecule has 0 aliphatic carbocycles. The van der Waals surface area contributed by atoms with Crippen molar-refractivity contribution in [1.82, 2.24) is 9.88 Å². The van der Waals surface area contributed by atoms with Crippen LogP contribution in [0.2, 0.25) is 0 Å². The molecule has 1 aliphatic heterocycles. The number of morpholine rings is 1. The number of hydrogen-bond donors (Lipinski definition) is 1. The number of carbonyl (C=O) groups is 1. The molecule has 1 fully saturated rings. The molecule has 3 rings (SSSR count). The molecule has 0 radical (unpaired) electrons. The highest BCUT2D eigenvalue weighted by molar-refractivity contribution is 7.09. The smallest absolute Gasteiger partial charge is 0.273 e. The Bertz CT molecular complexity index is 684. The van der Waals surface area contributed by atoms with Crippen molar-refractivity contribution in [2.75, 3.05) is 13.2 Å². The molecule has 1 amide bonds. The molecule has 0 saturated carbocycles. The maximum atomic E-state index is 12.9. The van der Waals surface area contributed by atoms with Gasteiger partial charge in [-0.15, -0.1) is 11.3 Å². The largest absolute Gasteiger partial charge is 0.369 e. The predicted octanol–water partition coefficient (Wildman–Crippen LogP) is 2.59. The first-order chi connectivity index (χ1) is 11.0. The second kappa shape index (κ2) is 6.39. The molecule has 2 N–H and O–H groups in total. The lowest BCUT2D eigenvalue weighted by Crippen LogP contribution is -2.56. The predicted molar refractivity (Wildman–Crippen MR) is 90.3 cm³/mol. The number of nitrogens with two attached hydrogens (primary N) is 1. The fourth-order valence-corrected chi connectivity index (χ4v) is 3.36. The molecule has 1 atom stereocenters. The number of nitrogens with zero attached hydrogens (tertiary/aromatic N) is 2. The van der Waals surface area contributed by atoms with Crippen LogP contribution in [0.1, 0.15) is 41.0 Å². The number of benzene rings is 1. The lowest BCUT2D eigenvalue weighted by atomic mass is 9.97. The maximum Gasteiger partial charge on any atom is 0.273 e. The normalized spacial score (nSPS) is 20.5. The van der Waals surface area contributed by atoms with Gasteiger partial charge in [0, 0.05) is 11.9 Å². The van der Waals surface area contributed by atoms with E-state index in [0.29, 0.717) is 25.4 Å². The summed E-state index contributed by atoms with van der Waals surface area (Å²) in [6.45, 7) is 5.40. The zero-order valence-electron chi connectivity index (χ0n) is 13.4. The summed E-state index contributed by atoms with van der Waals surface area (Å²) < 4.78 is 5.99. The van der Waals surface area contributed by atoms with E-state index < -0.39 is 0 Å². The Labute approximate surface area is 140 Å². The van der Waals surface area contributed by atoms with Crippen LogP contribution in [0, 0.1) is 0 Å². The van der Waals surface area contributed by atoms with Gasteiger partial charge in [0.1, 0.15) is 16.8 Å². The van der Waals surface area contributed by atoms with Gasteiger partial charge in [-0.2, -0.15) is 0 Å². The molecule has 1 aromatic heterocycles. The first-order valence-electron chi connectivity index (χ1n) is 7.64. The third-order valence-corrected chi connectivity index (χ3v) is 4.95. The minimum Gasteiger partial charge on any atom is -0.369 e. The van der Waals surface area contributed by atoms with Crippen LogP contribution in [-0.2, 0) is 11.3 Å². The van der Waals surface area contributed by atoms with Crippen molar-refractivity contribution >= 4 is 17.2 Å². The highest BCUT2D eigenvalue weighted by atomic mass is 32.1. The third-order valence-electron chi connectivity index (χ3n) is 4.08. The van der Waals surface area contributed by atoms with E-state index in [1.54, 1.807) is 5.38 Å². The molecule has 0 spiro atoms. The molecule has 2 aromatic rings. The van der Waals surface area contributed by atoms with E-state index >= 15 is 0 Å². The Balaban J connectivity index is 1.84. The SMILES string of the molecule is CC1(C)CO[C@H](c2ccccc2)CN1C(=O)c1csc(CN)n1. The Morgan fingerprint density at radius 1 is 1.43 bits per heavy atom. The Morgan fingerprint density at radius 3 is 2.83 bits per heavy atom. The number of rotatable bonds is 3. The molecular formula is C17H21N3O2S. The number of thiazole rings is 1. The number of aromatic nitrogens is 1. The van der Waals surface area contributed by atoms with E-state index in [1.807, 2.05) is 49.1 Å². The van der Waals surface area contributed by atoms with Gasteiger partial charge in [0.15, 0.2) is 0 Å². The van der Waals surface area contributed by atoms with Crippen LogP contribution < -0.4 is 5.73 Å². The Kier molecular flexibility index (Phi) is 4.48. The molecule has 1 aromatic carbocycles. The molecule has 0 unspecified atom stereocenters. The van der Waals surface area contributed by atoms with Crippen LogP contribution in [0.4, 0.5) is 0 Å². The molecule has 2 heterocycles. The summed E-state index contributed by atoms with van der Waals surface area (Å²) in [7, 11) is 0. The average molecular weight is 331 g/mol. The molecule has 23 heavy (non-hydrogen) atoms. The molecule has 5 nitrogen and oxygen atoms in total. The van der Waals surface area contributed by atoms with Crippen molar-refractivity contribution < 1.29 is 9.53 Å². The maximum absolute atomic E-state index is 12.9. The summed E-state index contributed by atoms with van der Waals surface area (Å²) >= 11 is 1.42. The van der Waals surface area contributed by atoms with Gasteiger partial charge in [-0.25, -0.2) is 4.98 Å². The molecule has 0 bridgehead atoms. The fourth-order valence-electron chi connectivity index (χ4n) is 2.72. The van der Waals surface area contributed by atoms with Crippen LogP contribution in [0.5, 0.6) is 0 Å². The van der Waals surface area contributed by atoms with Crippen molar-refractivity contribution in [2.45, 2.75) is 32.0 Å². The minimum absolute atomic E-state index is 0.0600. The van der Waals surface area contributed by atoms with E-state index in [4.69, 9.17) is 10.5 Å². The first kappa shape index (κ1) is 16.1. The standard InChI is InChI=1S/C17H21N3O2S/c1-17(2)11-22-14(12-6-4-3-5-7-12)9-20(17)16(21)13-10-23-15(8-18)19-13/h3-7,10,14H,8-9,11,18H2,1-2H3/t14-/m0/s1. The fraction of sp³-hybridized carbons (Fsp3) is 0.412. The van der Waals surface area contributed by atoms with Crippen molar-refractivity contribution in [3.63, 3.8) is 0 Å². The van der Waals surface area contributed by atoms with Gasteiger partial charge in [0.2, 0.25) is 0 Å². The average Bonchev–Trinajstić information content (AvgIpc) is 3.04. The summed E-state index contributed by atoms with van der Waals surface area (Å²) in [6, 6.07) is 10.0. The van der Waals surface area contributed by atoms with E-state index in [1.165, 1.54) is 11.3 Å². The van der Waals surface area contributed by atoms with E-state index in [0.717, 1.165) is 10.6 Å². The summed E-state index contributed by atoms with van der Waals surface area (Å²) in [5.41, 5.74) is 6.78. The number of carbonyl (C=O) groups excluding carboxylic acids is 1.